The summed E-state index contributed by atoms with van der Waals surface area (Å²) in [6.45, 7) is 1.40. The first-order chi connectivity index (χ1) is 12.9. The average Bonchev–Trinajstić information content (AvgIpc) is 3.18. The summed E-state index contributed by atoms with van der Waals surface area (Å²) in [5.41, 5.74) is 0.0542. The minimum absolute atomic E-state index is 0.0316. The fourth-order valence-corrected chi connectivity index (χ4v) is 3.31. The predicted octanol–water partition coefficient (Wildman–Crippen LogP) is 0.00510. The molecule has 2 aromatic heterocycles. The fourth-order valence-electron chi connectivity index (χ4n) is 2.29. The van der Waals surface area contributed by atoms with Crippen molar-refractivity contribution in [3.8, 4) is 5.82 Å². The third kappa shape index (κ3) is 4.33. The SMILES string of the molecule is CC(=O)c1ccc(S(=O)(=O)NCCn2nc(-n3cncn3)ccc2=O)cc1. The Balaban J connectivity index is 1.69. The molecule has 0 spiro atoms. The Morgan fingerprint density at radius 2 is 1.89 bits per heavy atom. The molecule has 0 saturated carbocycles. The topological polar surface area (TPSA) is 129 Å². The number of ketones is 1. The zero-order chi connectivity index (χ0) is 19.4. The van der Waals surface area contributed by atoms with E-state index in [1.54, 1.807) is 0 Å². The predicted molar refractivity (Wildman–Crippen MR) is 95.0 cm³/mol. The van der Waals surface area contributed by atoms with Gasteiger partial charge >= 0.3 is 0 Å². The molecule has 2 heterocycles. The minimum Gasteiger partial charge on any atom is -0.295 e. The van der Waals surface area contributed by atoms with Gasteiger partial charge in [-0.3, -0.25) is 9.59 Å². The monoisotopic (exact) mass is 388 g/mol. The van der Waals surface area contributed by atoms with Crippen molar-refractivity contribution in [2.75, 3.05) is 6.54 Å². The molecule has 0 fully saturated rings. The van der Waals surface area contributed by atoms with Crippen LogP contribution in [0.4, 0.5) is 0 Å². The highest BCUT2D eigenvalue weighted by atomic mass is 32.2. The van der Waals surface area contributed by atoms with Gasteiger partial charge in [-0.15, -0.1) is 5.10 Å². The third-order valence-electron chi connectivity index (χ3n) is 3.69. The number of carbonyl (C=O) groups is 1. The second kappa shape index (κ2) is 7.60. The lowest BCUT2D eigenvalue weighted by Gasteiger charge is -2.09. The van der Waals surface area contributed by atoms with Crippen LogP contribution < -0.4 is 10.3 Å². The van der Waals surface area contributed by atoms with Crippen molar-refractivity contribution in [1.29, 1.82) is 0 Å². The molecular formula is C16H16N6O4S. The molecule has 1 N–H and O–H groups in total. The highest BCUT2D eigenvalue weighted by Crippen LogP contribution is 2.10. The molecule has 0 aliphatic carbocycles. The van der Waals surface area contributed by atoms with Gasteiger partial charge in [0.2, 0.25) is 10.0 Å². The molecular weight excluding hydrogens is 372 g/mol. The summed E-state index contributed by atoms with van der Waals surface area (Å²) in [5.74, 6) is 0.236. The van der Waals surface area contributed by atoms with Gasteiger partial charge in [0.05, 0.1) is 11.4 Å². The second-order valence-corrected chi connectivity index (χ2v) is 7.34. The Bertz CT molecular complexity index is 1100. The highest BCUT2D eigenvalue weighted by molar-refractivity contribution is 7.89. The largest absolute Gasteiger partial charge is 0.295 e. The van der Waals surface area contributed by atoms with Gasteiger partial charge in [-0.05, 0) is 25.1 Å². The third-order valence-corrected chi connectivity index (χ3v) is 5.17. The van der Waals surface area contributed by atoms with E-state index in [4.69, 9.17) is 0 Å². The number of nitrogens with zero attached hydrogens (tertiary/aromatic N) is 5. The molecule has 10 nitrogen and oxygen atoms in total. The Labute approximate surface area is 154 Å². The van der Waals surface area contributed by atoms with E-state index in [-0.39, 0.29) is 29.3 Å². The number of rotatable bonds is 7. The summed E-state index contributed by atoms with van der Waals surface area (Å²) in [6.07, 6.45) is 2.77. The smallest absolute Gasteiger partial charge is 0.266 e. The summed E-state index contributed by atoms with van der Waals surface area (Å²) in [5, 5.41) is 8.06. The summed E-state index contributed by atoms with van der Waals surface area (Å²) >= 11 is 0. The summed E-state index contributed by atoms with van der Waals surface area (Å²) in [7, 11) is -3.77. The molecule has 140 valence electrons. The number of hydrogen-bond acceptors (Lipinski definition) is 7. The van der Waals surface area contributed by atoms with Crippen molar-refractivity contribution in [2.24, 2.45) is 0 Å². The Kier molecular flexibility index (Phi) is 5.23. The van der Waals surface area contributed by atoms with Gasteiger partial charge in [0.25, 0.3) is 5.56 Å². The van der Waals surface area contributed by atoms with E-state index in [1.807, 2.05) is 0 Å². The van der Waals surface area contributed by atoms with E-state index in [2.05, 4.69) is 19.9 Å². The zero-order valence-electron chi connectivity index (χ0n) is 14.3. The maximum Gasteiger partial charge on any atom is 0.266 e. The van der Waals surface area contributed by atoms with Gasteiger partial charge in [0, 0.05) is 18.2 Å². The van der Waals surface area contributed by atoms with Crippen LogP contribution >= 0.6 is 0 Å². The van der Waals surface area contributed by atoms with Crippen LogP contribution in [-0.2, 0) is 16.6 Å². The maximum atomic E-state index is 12.3. The summed E-state index contributed by atoms with van der Waals surface area (Å²) in [6, 6.07) is 8.42. The summed E-state index contributed by atoms with van der Waals surface area (Å²) < 4.78 is 29.6. The first-order valence-electron chi connectivity index (χ1n) is 7.91. The average molecular weight is 388 g/mol. The Morgan fingerprint density at radius 3 is 2.52 bits per heavy atom. The first-order valence-corrected chi connectivity index (χ1v) is 9.39. The normalized spacial score (nSPS) is 11.4. The van der Waals surface area contributed by atoms with Crippen LogP contribution in [0.3, 0.4) is 0 Å². The molecule has 0 saturated heterocycles. The van der Waals surface area contributed by atoms with Gasteiger partial charge in [-0.25, -0.2) is 27.5 Å². The van der Waals surface area contributed by atoms with E-state index in [1.165, 1.54) is 60.7 Å². The van der Waals surface area contributed by atoms with Crippen molar-refractivity contribution in [3.05, 3.63) is 65.0 Å². The van der Waals surface area contributed by atoms with Crippen molar-refractivity contribution < 1.29 is 13.2 Å². The van der Waals surface area contributed by atoms with Gasteiger partial charge < -0.3 is 0 Å². The number of benzene rings is 1. The van der Waals surface area contributed by atoms with Crippen molar-refractivity contribution >= 4 is 15.8 Å². The van der Waals surface area contributed by atoms with Crippen molar-refractivity contribution in [1.82, 2.24) is 29.3 Å². The summed E-state index contributed by atoms with van der Waals surface area (Å²) in [4.78, 5) is 27.0. The highest BCUT2D eigenvalue weighted by Gasteiger charge is 2.14. The zero-order valence-corrected chi connectivity index (χ0v) is 15.1. The van der Waals surface area contributed by atoms with Crippen LogP contribution in [0.2, 0.25) is 0 Å². The fraction of sp³-hybridized carbons (Fsp3) is 0.188. The quantitative estimate of drug-likeness (QED) is 0.564. The Hall–Kier alpha value is -3.18. The van der Waals surface area contributed by atoms with Crippen LogP contribution in [0.1, 0.15) is 17.3 Å². The molecule has 1 aromatic carbocycles. The van der Waals surface area contributed by atoms with E-state index >= 15 is 0 Å². The number of hydrogen-bond donors (Lipinski definition) is 1. The maximum absolute atomic E-state index is 12.3. The van der Waals surface area contributed by atoms with Crippen LogP contribution in [0, 0.1) is 0 Å². The number of Topliss-reactive ketones (excluding diaryl/α,β-unsaturated/α-hetero) is 1. The number of aromatic nitrogens is 5. The van der Waals surface area contributed by atoms with E-state index in [0.717, 1.165) is 4.68 Å². The van der Waals surface area contributed by atoms with Crippen molar-refractivity contribution in [2.45, 2.75) is 18.4 Å². The lowest BCUT2D eigenvalue weighted by atomic mass is 10.2. The molecule has 0 amide bonds. The second-order valence-electron chi connectivity index (χ2n) is 5.57. The van der Waals surface area contributed by atoms with Gasteiger partial charge in [-0.1, -0.05) is 12.1 Å². The van der Waals surface area contributed by atoms with E-state index < -0.39 is 10.0 Å². The van der Waals surface area contributed by atoms with E-state index in [9.17, 15) is 18.0 Å². The van der Waals surface area contributed by atoms with Crippen LogP contribution in [0.15, 0.2) is 58.7 Å². The van der Waals surface area contributed by atoms with Gasteiger partial charge in [0.15, 0.2) is 11.6 Å². The van der Waals surface area contributed by atoms with Gasteiger partial charge in [-0.2, -0.15) is 5.10 Å². The molecule has 0 unspecified atom stereocenters. The first kappa shape index (κ1) is 18.6. The lowest BCUT2D eigenvalue weighted by Crippen LogP contribution is -2.32. The molecule has 27 heavy (non-hydrogen) atoms. The van der Waals surface area contributed by atoms with Crippen LogP contribution in [0.5, 0.6) is 0 Å². The molecule has 0 aliphatic heterocycles. The molecule has 3 rings (SSSR count). The van der Waals surface area contributed by atoms with Crippen molar-refractivity contribution in [3.63, 3.8) is 0 Å². The molecule has 11 heteroatoms. The molecule has 0 radical (unpaired) electrons. The molecule has 0 bridgehead atoms. The van der Waals surface area contributed by atoms with Crippen LogP contribution in [0.25, 0.3) is 5.82 Å². The Morgan fingerprint density at radius 1 is 1.15 bits per heavy atom. The number of nitrogens with one attached hydrogen (secondary N) is 1. The molecule has 0 atom stereocenters. The molecule has 0 aliphatic rings. The van der Waals surface area contributed by atoms with Gasteiger partial charge in [0.1, 0.15) is 12.7 Å². The number of sulfonamides is 1. The number of carbonyl (C=O) groups excluding carboxylic acids is 1. The lowest BCUT2D eigenvalue weighted by molar-refractivity contribution is 0.101. The molecule has 3 aromatic rings. The van der Waals surface area contributed by atoms with E-state index in [0.29, 0.717) is 11.4 Å². The minimum atomic E-state index is -3.77. The standard InChI is InChI=1S/C16H16N6O4S/c1-12(23)13-2-4-14(5-3-13)27(25,26)19-8-9-21-16(24)7-6-15(20-21)22-11-17-10-18-22/h2-7,10-11,19H,8-9H2,1H3. The van der Waals surface area contributed by atoms with Crippen LogP contribution in [-0.4, -0.2) is 45.3 Å².